The van der Waals surface area contributed by atoms with Crippen LogP contribution in [-0.2, 0) is 5.54 Å². The summed E-state index contributed by atoms with van der Waals surface area (Å²) in [6.07, 6.45) is 1.84. The predicted octanol–water partition coefficient (Wildman–Crippen LogP) is 5.17. The Morgan fingerprint density at radius 3 is 2.00 bits per heavy atom. The number of hydrogen-bond donors (Lipinski definition) is 2. The largest absolute Gasteiger partial charge is 0.356 e. The van der Waals surface area contributed by atoms with Gasteiger partial charge in [-0.2, -0.15) is 0 Å². The Morgan fingerprint density at radius 1 is 0.833 bits per heavy atom. The number of likely N-dealkylation sites (tertiary alicyclic amines) is 1. The molecule has 0 unspecified atom stereocenters. The molecule has 4 rings (SSSR count). The lowest BCUT2D eigenvalue weighted by Crippen LogP contribution is -2.52. The van der Waals surface area contributed by atoms with Crippen molar-refractivity contribution in [1.29, 1.82) is 0 Å². The van der Waals surface area contributed by atoms with Crippen molar-refractivity contribution in [2.24, 2.45) is 0 Å². The Kier molecular flexibility index (Phi) is 6.15. The summed E-state index contributed by atoms with van der Waals surface area (Å²) in [6, 6.07) is 28.4. The quantitative estimate of drug-likeness (QED) is 0.601. The van der Waals surface area contributed by atoms with E-state index in [1.54, 1.807) is 0 Å². The highest BCUT2D eigenvalue weighted by Gasteiger charge is 2.36. The summed E-state index contributed by atoms with van der Waals surface area (Å²) >= 11 is 0. The van der Waals surface area contributed by atoms with Gasteiger partial charge in [0.1, 0.15) is 0 Å². The van der Waals surface area contributed by atoms with Crippen molar-refractivity contribution in [2.45, 2.75) is 25.3 Å². The molecule has 1 heterocycles. The molecule has 2 N–H and O–H groups in total. The molecule has 1 amide bonds. The van der Waals surface area contributed by atoms with Crippen LogP contribution in [0.1, 0.15) is 35.7 Å². The van der Waals surface area contributed by atoms with Crippen LogP contribution in [-0.4, -0.2) is 30.4 Å². The van der Waals surface area contributed by atoms with Gasteiger partial charge in [-0.15, -0.1) is 0 Å². The molecule has 30 heavy (non-hydrogen) atoms. The summed E-state index contributed by atoms with van der Waals surface area (Å²) in [5, 5.41) is 7.06. The number of hydrogen-bond acceptors (Lipinski definition) is 3. The van der Waals surface area contributed by atoms with E-state index in [1.807, 2.05) is 59.5 Å². The Bertz CT molecular complexity index is 947. The SMILES string of the molecule is CCNC1(c2ccccc2)CCN(C(=O)c2ccc(Nc3ccccc3)cc2)CC1. The van der Waals surface area contributed by atoms with Gasteiger partial charge in [-0.25, -0.2) is 0 Å². The van der Waals surface area contributed by atoms with Crippen LogP contribution in [0.3, 0.4) is 0 Å². The third kappa shape index (κ3) is 4.39. The van der Waals surface area contributed by atoms with Crippen molar-refractivity contribution in [3.8, 4) is 0 Å². The van der Waals surface area contributed by atoms with E-state index in [9.17, 15) is 4.79 Å². The second kappa shape index (κ2) is 9.14. The zero-order chi connectivity index (χ0) is 20.8. The van der Waals surface area contributed by atoms with E-state index < -0.39 is 0 Å². The number of piperidine rings is 1. The summed E-state index contributed by atoms with van der Waals surface area (Å²) in [7, 11) is 0. The average Bonchev–Trinajstić information content (AvgIpc) is 2.81. The fraction of sp³-hybridized carbons (Fsp3) is 0.269. The monoisotopic (exact) mass is 399 g/mol. The van der Waals surface area contributed by atoms with E-state index in [-0.39, 0.29) is 11.4 Å². The number of para-hydroxylation sites is 1. The molecule has 0 aromatic heterocycles. The average molecular weight is 400 g/mol. The predicted molar refractivity (Wildman–Crippen MR) is 123 cm³/mol. The van der Waals surface area contributed by atoms with Gasteiger partial charge in [-0.05, 0) is 61.3 Å². The maximum Gasteiger partial charge on any atom is 0.253 e. The van der Waals surface area contributed by atoms with Gasteiger partial charge in [0.2, 0.25) is 0 Å². The molecule has 4 heteroatoms. The standard InChI is InChI=1S/C26H29N3O/c1-2-27-26(22-9-5-3-6-10-22)17-19-29(20-18-26)25(30)21-13-15-24(16-14-21)28-23-11-7-4-8-12-23/h3-16,27-28H,2,17-20H2,1H3. The normalized spacial score (nSPS) is 15.6. The number of benzene rings is 3. The lowest BCUT2D eigenvalue weighted by molar-refractivity contribution is 0.0639. The van der Waals surface area contributed by atoms with Gasteiger partial charge in [-0.1, -0.05) is 55.5 Å². The van der Waals surface area contributed by atoms with Gasteiger partial charge in [0, 0.05) is 35.6 Å². The molecule has 0 radical (unpaired) electrons. The molecule has 0 spiro atoms. The Labute approximate surface area is 178 Å². The molecule has 1 fully saturated rings. The van der Waals surface area contributed by atoms with Crippen LogP contribution in [0.25, 0.3) is 0 Å². The van der Waals surface area contributed by atoms with Gasteiger partial charge < -0.3 is 15.5 Å². The van der Waals surface area contributed by atoms with E-state index >= 15 is 0 Å². The van der Waals surface area contributed by atoms with Gasteiger partial charge in [-0.3, -0.25) is 4.79 Å². The van der Waals surface area contributed by atoms with Crippen molar-refractivity contribution < 1.29 is 4.79 Å². The van der Waals surface area contributed by atoms with Crippen molar-refractivity contribution in [1.82, 2.24) is 10.2 Å². The second-order valence-corrected chi connectivity index (χ2v) is 7.84. The molecule has 0 aliphatic carbocycles. The molecular weight excluding hydrogens is 370 g/mol. The van der Waals surface area contributed by atoms with Gasteiger partial charge in [0.15, 0.2) is 0 Å². The fourth-order valence-electron chi connectivity index (χ4n) is 4.32. The van der Waals surface area contributed by atoms with Crippen molar-refractivity contribution in [3.05, 3.63) is 96.1 Å². The Hall–Kier alpha value is -3.11. The van der Waals surface area contributed by atoms with Gasteiger partial charge in [0.05, 0.1) is 0 Å². The minimum Gasteiger partial charge on any atom is -0.356 e. The number of carbonyl (C=O) groups excluding carboxylic acids is 1. The summed E-state index contributed by atoms with van der Waals surface area (Å²) in [5.74, 6) is 0.111. The molecule has 1 saturated heterocycles. The summed E-state index contributed by atoms with van der Waals surface area (Å²) < 4.78 is 0. The lowest BCUT2D eigenvalue weighted by atomic mass is 9.80. The molecule has 3 aromatic rings. The number of nitrogens with one attached hydrogen (secondary N) is 2. The molecule has 0 bridgehead atoms. The number of anilines is 2. The van der Waals surface area contributed by atoms with Crippen LogP contribution in [0, 0.1) is 0 Å². The van der Waals surface area contributed by atoms with Crippen molar-refractivity contribution >= 4 is 17.3 Å². The third-order valence-corrected chi connectivity index (χ3v) is 5.94. The maximum absolute atomic E-state index is 13.1. The molecule has 0 saturated carbocycles. The molecule has 4 nitrogen and oxygen atoms in total. The summed E-state index contributed by atoms with van der Waals surface area (Å²) in [4.78, 5) is 15.0. The first-order valence-electron chi connectivity index (χ1n) is 10.7. The first-order chi connectivity index (χ1) is 14.7. The zero-order valence-electron chi connectivity index (χ0n) is 17.5. The van der Waals surface area contributed by atoms with Crippen molar-refractivity contribution in [3.63, 3.8) is 0 Å². The Balaban J connectivity index is 1.41. The zero-order valence-corrected chi connectivity index (χ0v) is 17.5. The number of nitrogens with zero attached hydrogens (tertiary/aromatic N) is 1. The molecule has 154 valence electrons. The summed E-state index contributed by atoms with van der Waals surface area (Å²) in [6.45, 7) is 4.57. The fourth-order valence-corrected chi connectivity index (χ4v) is 4.32. The molecule has 0 atom stereocenters. The van der Waals surface area contributed by atoms with Crippen LogP contribution in [0.5, 0.6) is 0 Å². The van der Waals surface area contributed by atoms with Crippen LogP contribution in [0.2, 0.25) is 0 Å². The van der Waals surface area contributed by atoms with Gasteiger partial charge >= 0.3 is 0 Å². The number of carbonyl (C=O) groups is 1. The maximum atomic E-state index is 13.1. The smallest absolute Gasteiger partial charge is 0.253 e. The molecular formula is C26H29N3O. The highest BCUT2D eigenvalue weighted by atomic mass is 16.2. The van der Waals surface area contributed by atoms with Crippen LogP contribution in [0.4, 0.5) is 11.4 Å². The van der Waals surface area contributed by atoms with Crippen LogP contribution in [0.15, 0.2) is 84.9 Å². The number of amides is 1. The first-order valence-corrected chi connectivity index (χ1v) is 10.7. The second-order valence-electron chi connectivity index (χ2n) is 7.84. The Morgan fingerprint density at radius 2 is 1.40 bits per heavy atom. The minimum absolute atomic E-state index is 0.0454. The van der Waals surface area contributed by atoms with E-state index in [1.165, 1.54) is 5.56 Å². The molecule has 1 aliphatic heterocycles. The highest BCUT2D eigenvalue weighted by Crippen LogP contribution is 2.33. The van der Waals surface area contributed by atoms with Crippen molar-refractivity contribution in [2.75, 3.05) is 25.0 Å². The van der Waals surface area contributed by atoms with E-state index in [4.69, 9.17) is 0 Å². The first kappa shape index (κ1) is 20.2. The number of rotatable bonds is 6. The van der Waals surface area contributed by atoms with E-state index in [0.717, 1.165) is 49.4 Å². The van der Waals surface area contributed by atoms with Gasteiger partial charge in [0.25, 0.3) is 5.91 Å². The lowest BCUT2D eigenvalue weighted by Gasteiger charge is -2.43. The van der Waals surface area contributed by atoms with Crippen LogP contribution >= 0.6 is 0 Å². The minimum atomic E-state index is -0.0454. The van der Waals surface area contributed by atoms with E-state index in [0.29, 0.717) is 0 Å². The summed E-state index contributed by atoms with van der Waals surface area (Å²) in [5.41, 5.74) is 4.02. The molecule has 1 aliphatic rings. The van der Waals surface area contributed by atoms with Crippen LogP contribution < -0.4 is 10.6 Å². The van der Waals surface area contributed by atoms with E-state index in [2.05, 4.69) is 47.9 Å². The molecule has 3 aromatic carbocycles. The topological polar surface area (TPSA) is 44.4 Å². The highest BCUT2D eigenvalue weighted by molar-refractivity contribution is 5.94. The third-order valence-electron chi connectivity index (χ3n) is 5.94.